The summed E-state index contributed by atoms with van der Waals surface area (Å²) in [5.41, 5.74) is 0.231. The molecule has 2 rings (SSSR count). The summed E-state index contributed by atoms with van der Waals surface area (Å²) in [7, 11) is 1.58. The monoisotopic (exact) mass is 285 g/mol. The number of piperidine rings is 1. The molecule has 0 bridgehead atoms. The maximum Gasteiger partial charge on any atom is 0.163 e. The predicted octanol–water partition coefficient (Wildman–Crippen LogP) is 2.80. The highest BCUT2D eigenvalue weighted by Crippen LogP contribution is 2.32. The Hall–Kier alpha value is -1.26. The fourth-order valence-electron chi connectivity index (χ4n) is 2.20. The minimum Gasteiger partial charge on any atom is -0.493 e. The number of carbonyl (C=O) groups is 1. The first-order valence-corrected chi connectivity index (χ1v) is 6.24. The van der Waals surface area contributed by atoms with Gasteiger partial charge in [-0.25, -0.2) is 0 Å². The predicted molar refractivity (Wildman–Crippen MR) is 76.5 cm³/mol. The van der Waals surface area contributed by atoms with Gasteiger partial charge in [-0.1, -0.05) is 0 Å². The van der Waals surface area contributed by atoms with Crippen molar-refractivity contribution in [2.45, 2.75) is 31.9 Å². The number of carbonyl (C=O) groups excluding carboxylic acids is 1. The quantitative estimate of drug-likeness (QED) is 0.864. The first-order valence-electron chi connectivity index (χ1n) is 6.24. The SMILES string of the molecule is COc1cc(C=O)ccc1O[C@]1(C)CCCCN1.Cl. The Morgan fingerprint density at radius 1 is 1.32 bits per heavy atom. The van der Waals surface area contributed by atoms with E-state index in [1.165, 1.54) is 6.42 Å². The highest BCUT2D eigenvalue weighted by atomic mass is 35.5. The zero-order valence-corrected chi connectivity index (χ0v) is 12.1. The number of aldehydes is 1. The van der Waals surface area contributed by atoms with Gasteiger partial charge in [-0.2, -0.15) is 0 Å². The number of benzene rings is 1. The molecule has 0 radical (unpaired) electrons. The fraction of sp³-hybridized carbons (Fsp3) is 0.500. The average Bonchev–Trinajstić information content (AvgIpc) is 2.39. The molecular formula is C14H20ClNO3. The second-order valence-corrected chi connectivity index (χ2v) is 4.74. The fourth-order valence-corrected chi connectivity index (χ4v) is 2.20. The molecule has 0 unspecified atom stereocenters. The largest absolute Gasteiger partial charge is 0.493 e. The van der Waals surface area contributed by atoms with Crippen LogP contribution in [0.15, 0.2) is 18.2 Å². The number of halogens is 1. The molecule has 1 saturated heterocycles. The lowest BCUT2D eigenvalue weighted by Gasteiger charge is -2.35. The molecule has 5 heteroatoms. The number of ether oxygens (including phenoxy) is 2. The molecular weight excluding hydrogens is 266 g/mol. The van der Waals surface area contributed by atoms with Gasteiger partial charge < -0.3 is 9.47 Å². The summed E-state index contributed by atoms with van der Waals surface area (Å²) in [4.78, 5) is 10.7. The van der Waals surface area contributed by atoms with Crippen LogP contribution >= 0.6 is 12.4 Å². The number of rotatable bonds is 4. The van der Waals surface area contributed by atoms with E-state index in [0.29, 0.717) is 17.1 Å². The van der Waals surface area contributed by atoms with E-state index in [2.05, 4.69) is 5.32 Å². The maximum atomic E-state index is 10.7. The smallest absolute Gasteiger partial charge is 0.163 e. The summed E-state index contributed by atoms with van der Waals surface area (Å²) in [6.45, 7) is 3.00. The van der Waals surface area contributed by atoms with Crippen molar-refractivity contribution >= 4 is 18.7 Å². The average molecular weight is 286 g/mol. The zero-order chi connectivity index (χ0) is 13.0. The van der Waals surface area contributed by atoms with E-state index >= 15 is 0 Å². The van der Waals surface area contributed by atoms with E-state index in [0.717, 1.165) is 25.7 Å². The Labute approximate surface area is 119 Å². The van der Waals surface area contributed by atoms with Crippen LogP contribution in [0.3, 0.4) is 0 Å². The molecule has 1 aliphatic rings. The molecule has 1 aliphatic heterocycles. The lowest BCUT2D eigenvalue weighted by atomic mass is 10.0. The van der Waals surface area contributed by atoms with Gasteiger partial charge in [0, 0.05) is 12.0 Å². The summed E-state index contributed by atoms with van der Waals surface area (Å²) in [6, 6.07) is 5.20. The second kappa shape index (κ2) is 6.78. The van der Waals surface area contributed by atoms with Gasteiger partial charge in [0.1, 0.15) is 6.29 Å². The van der Waals surface area contributed by atoms with Gasteiger partial charge in [-0.15, -0.1) is 12.4 Å². The highest BCUT2D eigenvalue weighted by molar-refractivity contribution is 5.85. The Balaban J connectivity index is 0.00000180. The summed E-state index contributed by atoms with van der Waals surface area (Å²) in [5.74, 6) is 1.26. The molecule has 1 heterocycles. The molecule has 0 aliphatic carbocycles. The van der Waals surface area contributed by atoms with Crippen LogP contribution in [-0.2, 0) is 0 Å². The maximum absolute atomic E-state index is 10.7. The summed E-state index contributed by atoms with van der Waals surface area (Å²) in [5, 5.41) is 3.38. The van der Waals surface area contributed by atoms with Gasteiger partial charge >= 0.3 is 0 Å². The van der Waals surface area contributed by atoms with Crippen LogP contribution in [0, 0.1) is 0 Å². The highest BCUT2D eigenvalue weighted by Gasteiger charge is 2.29. The first-order chi connectivity index (χ1) is 8.67. The minimum atomic E-state index is -0.353. The number of nitrogens with one attached hydrogen (secondary N) is 1. The Kier molecular flexibility index (Phi) is 5.63. The van der Waals surface area contributed by atoms with Crippen molar-refractivity contribution in [1.82, 2.24) is 5.32 Å². The molecule has 1 atom stereocenters. The van der Waals surface area contributed by atoms with Gasteiger partial charge in [-0.3, -0.25) is 10.1 Å². The van der Waals surface area contributed by atoms with E-state index in [1.807, 2.05) is 6.92 Å². The molecule has 19 heavy (non-hydrogen) atoms. The molecule has 0 saturated carbocycles. The molecule has 4 nitrogen and oxygen atoms in total. The third kappa shape index (κ3) is 3.85. The van der Waals surface area contributed by atoms with Gasteiger partial charge in [-0.05, 0) is 44.5 Å². The topological polar surface area (TPSA) is 47.6 Å². The second-order valence-electron chi connectivity index (χ2n) is 4.74. The van der Waals surface area contributed by atoms with Gasteiger partial charge in [0.15, 0.2) is 17.2 Å². The van der Waals surface area contributed by atoms with Crippen molar-refractivity contribution in [2.75, 3.05) is 13.7 Å². The van der Waals surface area contributed by atoms with Crippen LogP contribution in [0.4, 0.5) is 0 Å². The Bertz CT molecular complexity index is 431. The summed E-state index contributed by atoms with van der Waals surface area (Å²) in [6.07, 6.45) is 4.09. The molecule has 0 amide bonds. The standard InChI is InChI=1S/C14H19NO3.ClH/c1-14(7-3-4-8-15-14)18-12-6-5-11(10-16)9-13(12)17-2;/h5-6,9-10,15H,3-4,7-8H2,1-2H3;1H/t14-;/m1./s1. The molecule has 1 aromatic rings. The summed E-state index contributed by atoms with van der Waals surface area (Å²) < 4.78 is 11.3. The number of methoxy groups -OCH3 is 1. The Morgan fingerprint density at radius 3 is 2.68 bits per heavy atom. The molecule has 0 aromatic heterocycles. The van der Waals surface area contributed by atoms with E-state index in [9.17, 15) is 4.79 Å². The van der Waals surface area contributed by atoms with E-state index in [4.69, 9.17) is 9.47 Å². The molecule has 106 valence electrons. The number of hydrogen-bond donors (Lipinski definition) is 1. The van der Waals surface area contributed by atoms with Crippen LogP contribution in [-0.4, -0.2) is 25.7 Å². The molecule has 1 N–H and O–H groups in total. The third-order valence-electron chi connectivity index (χ3n) is 3.24. The zero-order valence-electron chi connectivity index (χ0n) is 11.3. The van der Waals surface area contributed by atoms with Gasteiger partial charge in [0.2, 0.25) is 0 Å². The van der Waals surface area contributed by atoms with Gasteiger partial charge in [0.25, 0.3) is 0 Å². The number of hydrogen-bond acceptors (Lipinski definition) is 4. The molecule has 1 aromatic carbocycles. The minimum absolute atomic E-state index is 0. The Morgan fingerprint density at radius 2 is 2.11 bits per heavy atom. The normalized spacial score (nSPS) is 22.2. The molecule has 1 fully saturated rings. The van der Waals surface area contributed by atoms with Crippen LogP contribution in [0.25, 0.3) is 0 Å². The third-order valence-corrected chi connectivity index (χ3v) is 3.24. The van der Waals surface area contributed by atoms with E-state index < -0.39 is 0 Å². The van der Waals surface area contributed by atoms with Crippen LogP contribution in [0.5, 0.6) is 11.5 Å². The van der Waals surface area contributed by atoms with E-state index in [-0.39, 0.29) is 18.1 Å². The summed E-state index contributed by atoms with van der Waals surface area (Å²) >= 11 is 0. The van der Waals surface area contributed by atoms with Crippen LogP contribution < -0.4 is 14.8 Å². The van der Waals surface area contributed by atoms with Crippen molar-refractivity contribution in [3.8, 4) is 11.5 Å². The van der Waals surface area contributed by atoms with Gasteiger partial charge in [0.05, 0.1) is 7.11 Å². The van der Waals surface area contributed by atoms with Crippen molar-refractivity contribution in [3.63, 3.8) is 0 Å². The van der Waals surface area contributed by atoms with Crippen LogP contribution in [0.2, 0.25) is 0 Å². The molecule has 0 spiro atoms. The van der Waals surface area contributed by atoms with Crippen molar-refractivity contribution in [2.24, 2.45) is 0 Å². The van der Waals surface area contributed by atoms with Crippen molar-refractivity contribution < 1.29 is 14.3 Å². The van der Waals surface area contributed by atoms with Crippen molar-refractivity contribution in [1.29, 1.82) is 0 Å². The lowest BCUT2D eigenvalue weighted by molar-refractivity contribution is 0.0232. The van der Waals surface area contributed by atoms with Crippen LogP contribution in [0.1, 0.15) is 36.5 Å². The van der Waals surface area contributed by atoms with Crippen molar-refractivity contribution in [3.05, 3.63) is 23.8 Å². The van der Waals surface area contributed by atoms with E-state index in [1.54, 1.807) is 25.3 Å². The lowest BCUT2D eigenvalue weighted by Crippen LogP contribution is -2.50. The first kappa shape index (κ1) is 15.8.